The molecule has 6 atom stereocenters. The Balaban J connectivity index is 1.22. The minimum atomic E-state index is -1.47. The molecule has 0 spiro atoms. The number of rotatable bonds is 35. The Morgan fingerprint density at radius 1 is 0.767 bits per heavy atom. The van der Waals surface area contributed by atoms with Gasteiger partial charge in [-0.3, -0.25) is 53.6 Å². The molecule has 86 heavy (non-hydrogen) atoms. The monoisotopic (exact) mass is 1240 g/mol. The van der Waals surface area contributed by atoms with Gasteiger partial charge in [-0.05, 0) is 101 Å². The summed E-state index contributed by atoms with van der Waals surface area (Å²) in [4.78, 5) is 145. The Morgan fingerprint density at radius 3 is 1.99 bits per heavy atom. The first-order valence-electron chi connectivity index (χ1n) is 28.1. The van der Waals surface area contributed by atoms with Crippen molar-refractivity contribution in [2.45, 2.75) is 142 Å². The molecule has 7 amide bonds. The molecule has 0 aliphatic heterocycles. The molecule has 4 rings (SSSR count). The first-order valence-corrected chi connectivity index (χ1v) is 30.6. The van der Waals surface area contributed by atoms with Crippen LogP contribution in [0.2, 0.25) is 0 Å². The van der Waals surface area contributed by atoms with Gasteiger partial charge in [0.15, 0.2) is 11.2 Å². The summed E-state index contributed by atoms with van der Waals surface area (Å²) in [7, 11) is 2.40. The van der Waals surface area contributed by atoms with E-state index in [1.165, 1.54) is 41.6 Å². The maximum absolute atomic E-state index is 14.1. The number of aromatic nitrogens is 4. The van der Waals surface area contributed by atoms with Crippen LogP contribution in [0.3, 0.4) is 0 Å². The number of aromatic amines is 1. The quantitative estimate of drug-likeness (QED) is 0.0179. The van der Waals surface area contributed by atoms with Crippen LogP contribution in [0.25, 0.3) is 11.2 Å². The predicted molar refractivity (Wildman–Crippen MR) is 324 cm³/mol. The molecule has 0 bridgehead atoms. The smallest absolute Gasteiger partial charge is 0.426 e. The number of hydrazine groups is 1. The number of carbonyl (C=O) groups excluding carboxylic acids is 7. The van der Waals surface area contributed by atoms with Crippen LogP contribution in [-0.4, -0.2) is 143 Å². The van der Waals surface area contributed by atoms with Gasteiger partial charge in [0, 0.05) is 47.7 Å². The van der Waals surface area contributed by atoms with Crippen molar-refractivity contribution in [1.29, 1.82) is 0 Å². The standard InChI is InChI=1S/C56H80N14O14S2/c1-8-55(9-2,67-47(76)32(6)62-42(72)13-12-22-59-49(78)35-16-18-37(19-17-35)60-28-38-29-61-45-44(64-38)51(80)66-53(58)65-45)40(27-43(73)74)50(79)63-33(7)48(77)68-56(10-3,11-4)41(52(81)82)30-86-85-24-23-84-54(83)70-69-46(75)31(5)25-36(57)26-34-14-20-39(71)21-15-34/h14-21,29,31-33,36,40-41,60,71H,8-13,22-28,30,57H2,1-7H3,(H,59,78)(H,62,72)(H,63,79)(H,67,76)(H,68,77)(H,69,75)(H,70,83)(H,73,74)(H,81,82)(H3,58,61,65,66,80). The van der Waals surface area contributed by atoms with E-state index in [1.54, 1.807) is 83.1 Å². The SMILES string of the molecule is CCC(CC)(NC(=O)C(C)NC(=O)C(CC(=O)O)C(CC)(CC)NC(=O)C(C)NC(=O)CCCNC(=O)c1ccc(NCc2cnc3nc(N)[nH]c(=O)c3n2)cc1)C(CSSCCOC(=O)NNC(=O)C(C)CC(N)Cc1ccc(O)cc1)C(=O)O. The van der Waals surface area contributed by atoms with Crippen LogP contribution in [0, 0.1) is 17.8 Å². The number of phenolic OH excluding ortho intramolecular Hbond substituents is 1. The lowest BCUT2D eigenvalue weighted by atomic mass is 9.76. The van der Waals surface area contributed by atoms with Crippen molar-refractivity contribution in [2.24, 2.45) is 23.5 Å². The second kappa shape index (κ2) is 34.0. The Labute approximate surface area is 505 Å². The van der Waals surface area contributed by atoms with Crippen molar-refractivity contribution >= 4 is 97.9 Å². The summed E-state index contributed by atoms with van der Waals surface area (Å²) in [6, 6.07) is 10.3. The molecule has 2 aromatic heterocycles. The lowest BCUT2D eigenvalue weighted by Crippen LogP contribution is -2.63. The van der Waals surface area contributed by atoms with Crippen molar-refractivity contribution in [1.82, 2.24) is 57.4 Å². The van der Waals surface area contributed by atoms with E-state index in [1.807, 2.05) is 0 Å². The third-order valence-corrected chi connectivity index (χ3v) is 17.0. The molecule has 28 nitrogen and oxygen atoms in total. The fourth-order valence-corrected chi connectivity index (χ4v) is 11.6. The number of H-pyrrole nitrogens is 1. The summed E-state index contributed by atoms with van der Waals surface area (Å²) in [5.74, 6) is -9.04. The lowest BCUT2D eigenvalue weighted by Gasteiger charge is -2.41. The molecule has 470 valence electrons. The number of nitrogens with two attached hydrogens (primary N) is 2. The van der Waals surface area contributed by atoms with E-state index in [0.29, 0.717) is 29.8 Å². The number of nitrogens with zero attached hydrogens (tertiary/aromatic N) is 3. The van der Waals surface area contributed by atoms with E-state index in [0.717, 1.165) is 5.56 Å². The maximum atomic E-state index is 14.1. The number of nitrogen functional groups attached to an aromatic ring is 1. The normalized spacial score (nSPS) is 13.5. The van der Waals surface area contributed by atoms with Gasteiger partial charge < -0.3 is 63.4 Å². The summed E-state index contributed by atoms with van der Waals surface area (Å²) in [6.07, 6.45) is 1.23. The average Bonchev–Trinajstić information content (AvgIpc) is 3.63. The first kappa shape index (κ1) is 70.2. The largest absolute Gasteiger partial charge is 0.508 e. The van der Waals surface area contributed by atoms with Gasteiger partial charge in [0.1, 0.15) is 24.4 Å². The van der Waals surface area contributed by atoms with Gasteiger partial charge in [0.05, 0.1) is 47.8 Å². The molecule has 0 saturated carbocycles. The van der Waals surface area contributed by atoms with Gasteiger partial charge in [0.2, 0.25) is 35.5 Å². The zero-order valence-electron chi connectivity index (χ0n) is 49.2. The highest BCUT2D eigenvalue weighted by atomic mass is 33.1. The molecule has 0 aliphatic carbocycles. The Kier molecular flexibility index (Phi) is 27.8. The summed E-state index contributed by atoms with van der Waals surface area (Å²) in [6.45, 7) is 11.4. The molecule has 2 aromatic carbocycles. The van der Waals surface area contributed by atoms with Gasteiger partial charge in [-0.1, -0.05) is 68.3 Å². The molecular formula is C56H80N14O14S2. The Bertz CT molecular complexity index is 3040. The van der Waals surface area contributed by atoms with Crippen molar-refractivity contribution < 1.29 is 63.2 Å². The molecule has 4 aromatic rings. The van der Waals surface area contributed by atoms with E-state index in [4.69, 9.17) is 16.2 Å². The summed E-state index contributed by atoms with van der Waals surface area (Å²) < 4.78 is 5.15. The topological polar surface area (TPSA) is 443 Å². The molecule has 0 aliphatic rings. The number of aliphatic carboxylic acids is 2. The molecular weight excluding hydrogens is 1160 g/mol. The number of carboxylic acids is 2. The summed E-state index contributed by atoms with van der Waals surface area (Å²) >= 11 is 0. The minimum absolute atomic E-state index is 0.0103. The van der Waals surface area contributed by atoms with Gasteiger partial charge in [-0.2, -0.15) is 4.98 Å². The highest BCUT2D eigenvalue weighted by Crippen LogP contribution is 2.34. The van der Waals surface area contributed by atoms with Crippen LogP contribution >= 0.6 is 21.6 Å². The van der Waals surface area contributed by atoms with Crippen molar-refractivity contribution in [2.75, 3.05) is 35.7 Å². The molecule has 0 saturated heterocycles. The van der Waals surface area contributed by atoms with E-state index in [9.17, 15) is 63.3 Å². The Morgan fingerprint density at radius 2 is 1.38 bits per heavy atom. The molecule has 0 fully saturated rings. The van der Waals surface area contributed by atoms with Gasteiger partial charge in [-0.15, -0.1) is 0 Å². The van der Waals surface area contributed by atoms with E-state index < -0.39 is 106 Å². The number of anilines is 2. The third-order valence-electron chi connectivity index (χ3n) is 14.6. The van der Waals surface area contributed by atoms with E-state index in [-0.39, 0.29) is 98.6 Å². The van der Waals surface area contributed by atoms with Crippen LogP contribution in [0.5, 0.6) is 5.75 Å². The number of phenols is 1. The number of hydrogen-bond donors (Lipinski definition) is 14. The van der Waals surface area contributed by atoms with Crippen LogP contribution in [-0.2, 0) is 51.3 Å². The van der Waals surface area contributed by atoms with Gasteiger partial charge in [0.25, 0.3) is 11.5 Å². The van der Waals surface area contributed by atoms with Crippen molar-refractivity contribution in [3.05, 3.63) is 81.9 Å². The molecule has 16 N–H and O–H groups in total. The maximum Gasteiger partial charge on any atom is 0.426 e. The Hall–Kier alpha value is -8.25. The number of fused-ring (bicyclic) bond motifs is 1. The molecule has 30 heteroatoms. The van der Waals surface area contributed by atoms with Crippen molar-refractivity contribution in [3.63, 3.8) is 0 Å². The molecule has 6 unspecified atom stereocenters. The molecule has 0 radical (unpaired) electrons. The number of hydrogen-bond acceptors (Lipinski definition) is 20. The summed E-state index contributed by atoms with van der Waals surface area (Å²) in [5, 5.41) is 46.7. The number of carboxylic acid groups (broad SMARTS) is 2. The second-order valence-corrected chi connectivity index (χ2v) is 23.3. The number of amides is 7. The fourth-order valence-electron chi connectivity index (χ4n) is 9.40. The molecule has 2 heterocycles. The number of carbonyl (C=O) groups is 9. The van der Waals surface area contributed by atoms with Crippen LogP contribution in [0.15, 0.2) is 59.5 Å². The van der Waals surface area contributed by atoms with Gasteiger partial charge in [-0.25, -0.2) is 20.2 Å². The number of benzene rings is 2. The minimum Gasteiger partial charge on any atom is -0.508 e. The lowest BCUT2D eigenvalue weighted by molar-refractivity contribution is -0.146. The highest BCUT2D eigenvalue weighted by molar-refractivity contribution is 8.76. The predicted octanol–water partition coefficient (Wildman–Crippen LogP) is 3.01. The second-order valence-electron chi connectivity index (χ2n) is 20.7. The van der Waals surface area contributed by atoms with E-state index in [2.05, 4.69) is 62.7 Å². The highest BCUT2D eigenvalue weighted by Gasteiger charge is 2.46. The first-order chi connectivity index (χ1) is 40.8. The van der Waals surface area contributed by atoms with Crippen LogP contribution in [0.4, 0.5) is 16.4 Å². The summed E-state index contributed by atoms with van der Waals surface area (Å²) in [5.41, 5.74) is 15.5. The number of aromatic hydroxyl groups is 1. The van der Waals surface area contributed by atoms with Crippen molar-refractivity contribution in [3.8, 4) is 5.75 Å². The third kappa shape index (κ3) is 21.4. The average molecular weight is 1240 g/mol. The van der Waals surface area contributed by atoms with E-state index >= 15 is 0 Å². The van der Waals surface area contributed by atoms with Crippen LogP contribution in [0.1, 0.15) is 121 Å². The number of nitrogens with one attached hydrogen (secondary N) is 9. The van der Waals surface area contributed by atoms with Crippen LogP contribution < -0.4 is 59.8 Å². The zero-order valence-corrected chi connectivity index (χ0v) is 50.8. The van der Waals surface area contributed by atoms with Gasteiger partial charge >= 0.3 is 18.0 Å². The zero-order chi connectivity index (χ0) is 63.7. The number of ether oxygens (including phenoxy) is 1. The fraction of sp³-hybridized carbons (Fsp3) is 0.518.